The van der Waals surface area contributed by atoms with E-state index in [9.17, 15) is 9.59 Å². The molecule has 4 nitrogen and oxygen atoms in total. The second-order valence-corrected chi connectivity index (χ2v) is 6.53. The van der Waals surface area contributed by atoms with Crippen LogP contribution < -0.4 is 5.32 Å². The molecular weight excluding hydrogens is 314 g/mol. The summed E-state index contributed by atoms with van der Waals surface area (Å²) in [4.78, 5) is 24.4. The van der Waals surface area contributed by atoms with Crippen LogP contribution in [-0.4, -0.2) is 18.5 Å². The van der Waals surface area contributed by atoms with Crippen LogP contribution in [0.2, 0.25) is 0 Å². The topological polar surface area (TPSA) is 55.4 Å². The number of hydrogen-bond donors (Lipinski definition) is 1. The van der Waals surface area contributed by atoms with Crippen LogP contribution in [0.1, 0.15) is 51.5 Å². The minimum absolute atomic E-state index is 0.00291. The summed E-state index contributed by atoms with van der Waals surface area (Å²) < 4.78 is 5.20. The molecule has 0 spiro atoms. The molecule has 1 amide bonds. The summed E-state index contributed by atoms with van der Waals surface area (Å²) in [6.45, 7) is 3.56. The molecule has 0 saturated carbocycles. The van der Waals surface area contributed by atoms with Crippen molar-refractivity contribution >= 4 is 11.9 Å². The van der Waals surface area contributed by atoms with Crippen LogP contribution in [0.4, 0.5) is 0 Å². The smallest absolute Gasteiger partial charge is 0.338 e. The van der Waals surface area contributed by atoms with Crippen molar-refractivity contribution < 1.29 is 14.3 Å². The molecule has 1 atom stereocenters. The van der Waals surface area contributed by atoms with Gasteiger partial charge in [-0.3, -0.25) is 4.79 Å². The van der Waals surface area contributed by atoms with Crippen LogP contribution in [-0.2, 0) is 16.0 Å². The third-order valence-electron chi connectivity index (χ3n) is 4.86. The average molecular weight is 337 g/mol. The molecule has 3 rings (SSSR count). The maximum atomic E-state index is 12.2. The van der Waals surface area contributed by atoms with Gasteiger partial charge in [0.2, 0.25) is 0 Å². The first-order valence-corrected chi connectivity index (χ1v) is 8.67. The summed E-state index contributed by atoms with van der Waals surface area (Å²) in [6.07, 6.45) is 3.00. The summed E-state index contributed by atoms with van der Waals surface area (Å²) in [7, 11) is 0. The van der Waals surface area contributed by atoms with E-state index in [1.54, 1.807) is 6.07 Å². The third kappa shape index (κ3) is 3.90. The summed E-state index contributed by atoms with van der Waals surface area (Å²) >= 11 is 0. The Morgan fingerprint density at radius 1 is 1.12 bits per heavy atom. The predicted molar refractivity (Wildman–Crippen MR) is 96.5 cm³/mol. The van der Waals surface area contributed by atoms with Gasteiger partial charge < -0.3 is 10.1 Å². The van der Waals surface area contributed by atoms with E-state index in [0.29, 0.717) is 5.56 Å². The molecule has 0 saturated heterocycles. The Morgan fingerprint density at radius 3 is 2.76 bits per heavy atom. The lowest BCUT2D eigenvalue weighted by atomic mass is 9.88. The van der Waals surface area contributed by atoms with Crippen LogP contribution >= 0.6 is 0 Å². The second-order valence-electron chi connectivity index (χ2n) is 6.53. The van der Waals surface area contributed by atoms with Crippen molar-refractivity contribution in [3.05, 3.63) is 70.3 Å². The molecule has 25 heavy (non-hydrogen) atoms. The highest BCUT2D eigenvalue weighted by Crippen LogP contribution is 2.29. The zero-order chi connectivity index (χ0) is 17.8. The molecule has 1 N–H and O–H groups in total. The molecule has 1 aliphatic carbocycles. The molecule has 0 aliphatic heterocycles. The number of benzene rings is 2. The van der Waals surface area contributed by atoms with E-state index in [-0.39, 0.29) is 18.6 Å². The van der Waals surface area contributed by atoms with Gasteiger partial charge in [0.15, 0.2) is 6.61 Å². The Kier molecular flexibility index (Phi) is 5.17. The van der Waals surface area contributed by atoms with Gasteiger partial charge in [-0.25, -0.2) is 4.79 Å². The number of ether oxygens (including phenoxy) is 1. The summed E-state index contributed by atoms with van der Waals surface area (Å²) in [5.41, 5.74) is 4.87. The Hall–Kier alpha value is -2.62. The zero-order valence-electron chi connectivity index (χ0n) is 14.7. The highest BCUT2D eigenvalue weighted by Gasteiger charge is 2.22. The number of nitrogens with one attached hydrogen (secondary N) is 1. The lowest BCUT2D eigenvalue weighted by Gasteiger charge is -2.26. The van der Waals surface area contributed by atoms with Gasteiger partial charge in [-0.15, -0.1) is 0 Å². The minimum Gasteiger partial charge on any atom is -0.452 e. The molecule has 1 aliphatic rings. The molecule has 0 radical (unpaired) electrons. The number of esters is 1. The number of aryl methyl sites for hydroxylation is 2. The number of hydrogen-bond acceptors (Lipinski definition) is 3. The lowest BCUT2D eigenvalue weighted by molar-refractivity contribution is -0.125. The normalized spacial score (nSPS) is 16.0. The molecule has 2 aromatic carbocycles. The van der Waals surface area contributed by atoms with Crippen molar-refractivity contribution in [1.29, 1.82) is 0 Å². The van der Waals surface area contributed by atoms with Gasteiger partial charge in [-0.05, 0) is 61.4 Å². The summed E-state index contributed by atoms with van der Waals surface area (Å²) in [5.74, 6) is -0.722. The van der Waals surface area contributed by atoms with E-state index < -0.39 is 5.97 Å². The van der Waals surface area contributed by atoms with Gasteiger partial charge in [0.05, 0.1) is 11.6 Å². The van der Waals surface area contributed by atoms with Crippen molar-refractivity contribution in [2.24, 2.45) is 0 Å². The molecule has 0 fully saturated rings. The minimum atomic E-state index is -0.458. The molecule has 2 aromatic rings. The number of rotatable bonds is 4. The van der Waals surface area contributed by atoms with Gasteiger partial charge in [-0.1, -0.05) is 36.4 Å². The van der Waals surface area contributed by atoms with E-state index in [2.05, 4.69) is 17.4 Å². The fourth-order valence-corrected chi connectivity index (χ4v) is 3.32. The molecular formula is C21H23NO3. The quantitative estimate of drug-likeness (QED) is 0.867. The number of carbonyl (C=O) groups is 2. The number of amides is 1. The highest BCUT2D eigenvalue weighted by atomic mass is 16.5. The van der Waals surface area contributed by atoms with E-state index in [4.69, 9.17) is 4.74 Å². The van der Waals surface area contributed by atoms with E-state index in [0.717, 1.165) is 30.4 Å². The van der Waals surface area contributed by atoms with Gasteiger partial charge in [0.1, 0.15) is 0 Å². The number of carbonyl (C=O) groups excluding carboxylic acids is 2. The Balaban J connectivity index is 1.59. The Morgan fingerprint density at radius 2 is 1.92 bits per heavy atom. The largest absolute Gasteiger partial charge is 0.452 e. The molecule has 0 aromatic heterocycles. The predicted octanol–water partition coefficient (Wildman–Crippen LogP) is 3.65. The zero-order valence-corrected chi connectivity index (χ0v) is 14.7. The van der Waals surface area contributed by atoms with Crippen LogP contribution in [0, 0.1) is 13.8 Å². The van der Waals surface area contributed by atoms with Crippen molar-refractivity contribution in [1.82, 2.24) is 5.32 Å². The first-order valence-electron chi connectivity index (χ1n) is 8.67. The maximum absolute atomic E-state index is 12.2. The molecule has 4 heteroatoms. The van der Waals surface area contributed by atoms with Gasteiger partial charge in [0.25, 0.3) is 5.91 Å². The van der Waals surface area contributed by atoms with Crippen LogP contribution in [0.5, 0.6) is 0 Å². The van der Waals surface area contributed by atoms with E-state index >= 15 is 0 Å². The first kappa shape index (κ1) is 17.2. The van der Waals surface area contributed by atoms with Gasteiger partial charge in [0, 0.05) is 0 Å². The monoisotopic (exact) mass is 337 g/mol. The summed E-state index contributed by atoms with van der Waals surface area (Å²) in [6, 6.07) is 13.7. The number of fused-ring (bicyclic) bond motifs is 1. The van der Waals surface area contributed by atoms with E-state index in [1.807, 2.05) is 38.1 Å². The van der Waals surface area contributed by atoms with Crippen LogP contribution in [0.25, 0.3) is 0 Å². The maximum Gasteiger partial charge on any atom is 0.338 e. The van der Waals surface area contributed by atoms with Crippen LogP contribution in [0.15, 0.2) is 42.5 Å². The summed E-state index contributed by atoms with van der Waals surface area (Å²) in [5, 5.41) is 2.99. The van der Waals surface area contributed by atoms with Gasteiger partial charge >= 0.3 is 5.97 Å². The lowest BCUT2D eigenvalue weighted by Crippen LogP contribution is -2.34. The standard InChI is InChI=1S/C21H23NO3/c1-14-7-5-11-17(15(14)2)21(24)25-13-20(23)22-19-12-6-9-16-8-3-4-10-18(16)19/h3-5,7-8,10-11,19H,6,9,12-13H2,1-2H3,(H,22,23)/t19-/m0/s1. The second kappa shape index (κ2) is 7.51. The fraction of sp³-hybridized carbons (Fsp3) is 0.333. The SMILES string of the molecule is Cc1cccc(C(=O)OCC(=O)N[C@H]2CCCc3ccccc32)c1C. The average Bonchev–Trinajstić information content (AvgIpc) is 2.62. The van der Waals surface area contributed by atoms with E-state index in [1.165, 1.54) is 11.1 Å². The third-order valence-corrected chi connectivity index (χ3v) is 4.86. The van der Waals surface area contributed by atoms with Crippen molar-refractivity contribution in [3.8, 4) is 0 Å². The fourth-order valence-electron chi connectivity index (χ4n) is 3.32. The molecule has 130 valence electrons. The highest BCUT2D eigenvalue weighted by molar-refractivity contribution is 5.93. The van der Waals surface area contributed by atoms with Crippen molar-refractivity contribution in [3.63, 3.8) is 0 Å². The van der Waals surface area contributed by atoms with Crippen molar-refractivity contribution in [2.45, 2.75) is 39.2 Å². The Bertz CT molecular complexity index is 797. The van der Waals surface area contributed by atoms with Gasteiger partial charge in [-0.2, -0.15) is 0 Å². The molecule has 0 bridgehead atoms. The molecule has 0 unspecified atom stereocenters. The van der Waals surface area contributed by atoms with Crippen molar-refractivity contribution in [2.75, 3.05) is 6.61 Å². The first-order chi connectivity index (χ1) is 12.1. The van der Waals surface area contributed by atoms with Crippen LogP contribution in [0.3, 0.4) is 0 Å². The Labute approximate surface area is 148 Å². The molecule has 0 heterocycles.